The zero-order valence-electron chi connectivity index (χ0n) is 16.5. The lowest BCUT2D eigenvalue weighted by Crippen LogP contribution is -2.01. The Morgan fingerprint density at radius 2 is 1.90 bits per heavy atom. The zero-order chi connectivity index (χ0) is 20.6. The van der Waals surface area contributed by atoms with Crippen LogP contribution in [-0.2, 0) is 15.6 Å². The van der Waals surface area contributed by atoms with E-state index in [2.05, 4.69) is 5.10 Å². The molecule has 0 saturated carbocycles. The molecule has 0 aliphatic heterocycles. The molecule has 6 nitrogen and oxygen atoms in total. The van der Waals surface area contributed by atoms with Gasteiger partial charge in [0.25, 0.3) is 0 Å². The van der Waals surface area contributed by atoms with Crippen LogP contribution in [0.5, 0.6) is 5.75 Å². The summed E-state index contributed by atoms with van der Waals surface area (Å²) in [5.41, 5.74) is 5.17. The molecule has 29 heavy (non-hydrogen) atoms. The third kappa shape index (κ3) is 4.00. The maximum Gasteiger partial charge on any atom is 0.151 e. The number of sulfone groups is 1. The Kier molecular flexibility index (Phi) is 4.84. The Hall–Kier alpha value is -3.19. The van der Waals surface area contributed by atoms with Gasteiger partial charge < -0.3 is 4.74 Å². The minimum absolute atomic E-state index is 0.0236. The quantitative estimate of drug-likeness (QED) is 0.501. The van der Waals surface area contributed by atoms with Crippen molar-refractivity contribution in [2.75, 3.05) is 13.4 Å². The molecular formula is C22H21N3O3S. The molecule has 0 N–H and O–H groups in total. The molecule has 0 bridgehead atoms. The van der Waals surface area contributed by atoms with Crippen molar-refractivity contribution in [3.05, 3.63) is 72.1 Å². The lowest BCUT2D eigenvalue weighted by Gasteiger charge is -2.08. The second kappa shape index (κ2) is 7.33. The average molecular weight is 407 g/mol. The average Bonchev–Trinajstić information content (AvgIpc) is 3.17. The molecule has 0 unspecified atom stereocenters. The van der Waals surface area contributed by atoms with Crippen molar-refractivity contribution in [3.8, 4) is 22.7 Å². The van der Waals surface area contributed by atoms with Gasteiger partial charge in [0.15, 0.2) is 9.84 Å². The molecule has 4 rings (SSSR count). The van der Waals surface area contributed by atoms with Gasteiger partial charge in [-0.3, -0.25) is 0 Å². The molecule has 0 saturated heterocycles. The minimum atomic E-state index is -3.08. The van der Waals surface area contributed by atoms with Crippen LogP contribution in [0.4, 0.5) is 0 Å². The number of pyridine rings is 1. The zero-order valence-corrected chi connectivity index (χ0v) is 17.3. The molecule has 2 heterocycles. The van der Waals surface area contributed by atoms with Gasteiger partial charge in [-0.25, -0.2) is 18.1 Å². The van der Waals surface area contributed by atoms with E-state index in [0.29, 0.717) is 0 Å². The molecule has 4 aromatic rings. The van der Waals surface area contributed by atoms with Crippen molar-refractivity contribution in [3.63, 3.8) is 0 Å². The van der Waals surface area contributed by atoms with E-state index in [4.69, 9.17) is 9.72 Å². The normalized spacial score (nSPS) is 11.7. The molecular weight excluding hydrogens is 386 g/mol. The molecule has 7 heteroatoms. The maximum atomic E-state index is 11.6. The van der Waals surface area contributed by atoms with Crippen LogP contribution >= 0.6 is 0 Å². The van der Waals surface area contributed by atoms with Crippen LogP contribution in [-0.4, -0.2) is 36.5 Å². The van der Waals surface area contributed by atoms with Crippen LogP contribution in [0, 0.1) is 6.92 Å². The molecule has 2 aromatic carbocycles. The van der Waals surface area contributed by atoms with Gasteiger partial charge in [0.1, 0.15) is 11.4 Å². The number of rotatable bonds is 5. The lowest BCUT2D eigenvalue weighted by molar-refractivity contribution is 0.411. The molecule has 0 amide bonds. The number of aryl methyl sites for hydroxylation is 1. The van der Waals surface area contributed by atoms with Crippen LogP contribution < -0.4 is 4.74 Å². The summed E-state index contributed by atoms with van der Waals surface area (Å²) in [4.78, 5) is 4.76. The molecule has 0 aliphatic rings. The van der Waals surface area contributed by atoms with Crippen LogP contribution in [0.1, 0.15) is 11.1 Å². The monoisotopic (exact) mass is 407 g/mol. The van der Waals surface area contributed by atoms with Gasteiger partial charge in [0, 0.05) is 23.4 Å². The summed E-state index contributed by atoms with van der Waals surface area (Å²) in [5.74, 6) is 0.763. The van der Waals surface area contributed by atoms with E-state index >= 15 is 0 Å². The number of nitrogens with zero attached hydrogens (tertiary/aromatic N) is 3. The minimum Gasteiger partial charge on any atom is -0.494 e. The first kappa shape index (κ1) is 19.1. The Balaban J connectivity index is 1.74. The fourth-order valence-electron chi connectivity index (χ4n) is 3.39. The van der Waals surface area contributed by atoms with E-state index in [9.17, 15) is 8.42 Å². The molecule has 0 fully saturated rings. The first-order chi connectivity index (χ1) is 13.8. The highest BCUT2D eigenvalue weighted by Gasteiger charge is 2.12. The fraction of sp³-hybridized carbons (Fsp3) is 0.182. The van der Waals surface area contributed by atoms with E-state index in [0.717, 1.165) is 44.7 Å². The van der Waals surface area contributed by atoms with Gasteiger partial charge in [0.2, 0.25) is 0 Å². The Bertz CT molecular complexity index is 1310. The second-order valence-corrected chi connectivity index (χ2v) is 9.23. The summed E-state index contributed by atoms with van der Waals surface area (Å²) in [6.07, 6.45) is 4.94. The van der Waals surface area contributed by atoms with E-state index < -0.39 is 9.84 Å². The summed E-state index contributed by atoms with van der Waals surface area (Å²) < 4.78 is 30.4. The van der Waals surface area contributed by atoms with Gasteiger partial charge >= 0.3 is 0 Å². The predicted octanol–water partition coefficient (Wildman–Crippen LogP) is 3.95. The van der Waals surface area contributed by atoms with Gasteiger partial charge in [-0.15, -0.1) is 0 Å². The summed E-state index contributed by atoms with van der Waals surface area (Å²) in [6.45, 7) is 2.00. The number of ether oxygens (including phenoxy) is 1. The number of hydrogen-bond donors (Lipinski definition) is 0. The molecule has 0 spiro atoms. The van der Waals surface area contributed by atoms with Crippen molar-refractivity contribution in [1.82, 2.24) is 14.8 Å². The van der Waals surface area contributed by atoms with E-state index in [1.54, 1.807) is 18.0 Å². The van der Waals surface area contributed by atoms with Crippen molar-refractivity contribution in [2.24, 2.45) is 0 Å². The number of para-hydroxylation sites is 2. The number of benzene rings is 2. The van der Waals surface area contributed by atoms with E-state index in [1.165, 1.54) is 6.26 Å². The number of aromatic nitrogens is 3. The number of fused-ring (bicyclic) bond motifs is 1. The van der Waals surface area contributed by atoms with E-state index in [-0.39, 0.29) is 5.75 Å². The molecule has 148 valence electrons. The Morgan fingerprint density at radius 1 is 1.10 bits per heavy atom. The van der Waals surface area contributed by atoms with Gasteiger partial charge in [-0.05, 0) is 48.4 Å². The first-order valence-corrected chi connectivity index (χ1v) is 11.2. The van der Waals surface area contributed by atoms with Crippen molar-refractivity contribution in [2.45, 2.75) is 12.7 Å². The largest absolute Gasteiger partial charge is 0.494 e. The van der Waals surface area contributed by atoms with Gasteiger partial charge in [-0.1, -0.05) is 18.2 Å². The molecule has 0 radical (unpaired) electrons. The van der Waals surface area contributed by atoms with Crippen LogP contribution in [0.15, 0.2) is 60.9 Å². The molecule has 2 aromatic heterocycles. The second-order valence-electron chi connectivity index (χ2n) is 7.09. The summed E-state index contributed by atoms with van der Waals surface area (Å²) >= 11 is 0. The maximum absolute atomic E-state index is 11.6. The highest BCUT2D eigenvalue weighted by atomic mass is 32.2. The Labute approximate surface area is 169 Å². The lowest BCUT2D eigenvalue weighted by atomic mass is 10.0. The van der Waals surface area contributed by atoms with Gasteiger partial charge in [0.05, 0.1) is 30.3 Å². The third-order valence-electron chi connectivity index (χ3n) is 4.72. The summed E-state index contributed by atoms with van der Waals surface area (Å²) in [5, 5.41) is 5.42. The fourth-order valence-corrected chi connectivity index (χ4v) is 4.17. The molecule has 0 aliphatic carbocycles. The van der Waals surface area contributed by atoms with Crippen LogP contribution in [0.2, 0.25) is 0 Å². The highest BCUT2D eigenvalue weighted by molar-refractivity contribution is 7.89. The first-order valence-electron chi connectivity index (χ1n) is 9.10. The smallest absolute Gasteiger partial charge is 0.151 e. The standard InChI is InChI=1S/C22H21N3O3S/c1-15-10-20(24-19-9-8-16(11-18(15)19)14-29(3,26)27)17-12-23-25(13-17)21-6-4-5-7-22(21)28-2/h4-13H,14H2,1-3H3. The van der Waals surface area contributed by atoms with Gasteiger partial charge in [-0.2, -0.15) is 5.10 Å². The Morgan fingerprint density at radius 3 is 2.66 bits per heavy atom. The van der Waals surface area contributed by atoms with Crippen LogP contribution in [0.3, 0.4) is 0 Å². The highest BCUT2D eigenvalue weighted by Crippen LogP contribution is 2.27. The van der Waals surface area contributed by atoms with E-state index in [1.807, 2.05) is 61.7 Å². The predicted molar refractivity (Wildman–Crippen MR) is 114 cm³/mol. The number of methoxy groups -OCH3 is 1. The summed E-state index contributed by atoms with van der Waals surface area (Å²) in [6, 6.07) is 15.3. The molecule has 0 atom stereocenters. The van der Waals surface area contributed by atoms with Crippen molar-refractivity contribution < 1.29 is 13.2 Å². The van der Waals surface area contributed by atoms with Crippen molar-refractivity contribution in [1.29, 1.82) is 0 Å². The third-order valence-corrected chi connectivity index (χ3v) is 5.58. The SMILES string of the molecule is COc1ccccc1-n1cc(-c2cc(C)c3cc(CS(C)(=O)=O)ccc3n2)cn1. The topological polar surface area (TPSA) is 74.1 Å². The van der Waals surface area contributed by atoms with Crippen molar-refractivity contribution >= 4 is 20.7 Å². The summed E-state index contributed by atoms with van der Waals surface area (Å²) in [7, 11) is -1.45. The number of hydrogen-bond acceptors (Lipinski definition) is 5. The van der Waals surface area contributed by atoms with Crippen LogP contribution in [0.25, 0.3) is 27.8 Å².